The lowest BCUT2D eigenvalue weighted by Gasteiger charge is -2.11. The van der Waals surface area contributed by atoms with Gasteiger partial charge in [0.1, 0.15) is 5.75 Å². The number of esters is 1. The third-order valence-electron chi connectivity index (χ3n) is 2.43. The predicted octanol–water partition coefficient (Wildman–Crippen LogP) is 1.65. The van der Waals surface area contributed by atoms with E-state index in [2.05, 4.69) is 4.74 Å². The molecule has 0 aliphatic carbocycles. The Labute approximate surface area is 95.3 Å². The van der Waals surface area contributed by atoms with Crippen molar-refractivity contribution in [3.63, 3.8) is 0 Å². The minimum Gasteiger partial charge on any atom is -0.497 e. The molecule has 0 bridgehead atoms. The fraction of sp³-hybridized carbons (Fsp3) is 0.417. The van der Waals surface area contributed by atoms with E-state index in [1.165, 1.54) is 7.11 Å². The number of carbonyl (C=O) groups is 1. The minimum atomic E-state index is -0.232. The Hall–Kier alpha value is -1.55. The van der Waals surface area contributed by atoms with Crippen LogP contribution in [0.1, 0.15) is 24.4 Å². The second-order valence-electron chi connectivity index (χ2n) is 3.49. The molecule has 1 aromatic carbocycles. The Kier molecular flexibility index (Phi) is 4.79. The summed E-state index contributed by atoms with van der Waals surface area (Å²) in [6.45, 7) is 0. The topological polar surface area (TPSA) is 61.5 Å². The molecule has 1 aromatic rings. The number of hydrogen-bond acceptors (Lipinski definition) is 4. The maximum atomic E-state index is 11.0. The third kappa shape index (κ3) is 3.55. The van der Waals surface area contributed by atoms with Crippen LogP contribution in [0.15, 0.2) is 24.3 Å². The summed E-state index contributed by atoms with van der Waals surface area (Å²) < 4.78 is 9.61. The van der Waals surface area contributed by atoms with Crippen molar-refractivity contribution < 1.29 is 14.3 Å². The number of rotatable bonds is 5. The van der Waals surface area contributed by atoms with Crippen molar-refractivity contribution in [2.24, 2.45) is 5.73 Å². The molecule has 2 N–H and O–H groups in total. The molecule has 4 nitrogen and oxygen atoms in total. The number of methoxy groups -OCH3 is 2. The Balaban J connectivity index is 2.52. The van der Waals surface area contributed by atoms with Crippen LogP contribution in [-0.4, -0.2) is 20.2 Å². The first-order valence-electron chi connectivity index (χ1n) is 5.13. The van der Waals surface area contributed by atoms with E-state index in [4.69, 9.17) is 10.5 Å². The monoisotopic (exact) mass is 223 g/mol. The molecule has 0 aliphatic rings. The molecular formula is C12H17NO3. The lowest BCUT2D eigenvalue weighted by Crippen LogP contribution is -2.12. The Morgan fingerprint density at radius 1 is 1.31 bits per heavy atom. The second kappa shape index (κ2) is 6.12. The number of ether oxygens (including phenoxy) is 2. The number of nitrogens with two attached hydrogens (primary N) is 1. The first-order valence-corrected chi connectivity index (χ1v) is 5.13. The van der Waals surface area contributed by atoms with Gasteiger partial charge in [-0.25, -0.2) is 0 Å². The highest BCUT2D eigenvalue weighted by Crippen LogP contribution is 2.19. The predicted molar refractivity (Wildman–Crippen MR) is 61.2 cm³/mol. The van der Waals surface area contributed by atoms with Crippen molar-refractivity contribution in [3.8, 4) is 5.75 Å². The molecule has 0 saturated heterocycles. The number of benzene rings is 1. The van der Waals surface area contributed by atoms with Crippen LogP contribution in [0.2, 0.25) is 0 Å². The van der Waals surface area contributed by atoms with Crippen LogP contribution in [-0.2, 0) is 9.53 Å². The highest BCUT2D eigenvalue weighted by Gasteiger charge is 2.09. The number of hydrogen-bond donors (Lipinski definition) is 1. The van der Waals surface area contributed by atoms with Crippen molar-refractivity contribution in [3.05, 3.63) is 29.8 Å². The quantitative estimate of drug-likeness (QED) is 0.771. The molecular weight excluding hydrogens is 206 g/mol. The van der Waals surface area contributed by atoms with E-state index in [1.807, 2.05) is 24.3 Å². The van der Waals surface area contributed by atoms with Gasteiger partial charge in [-0.3, -0.25) is 4.79 Å². The third-order valence-corrected chi connectivity index (χ3v) is 2.43. The van der Waals surface area contributed by atoms with Gasteiger partial charge >= 0.3 is 5.97 Å². The van der Waals surface area contributed by atoms with Crippen molar-refractivity contribution in [1.82, 2.24) is 0 Å². The molecule has 0 heterocycles. The van der Waals surface area contributed by atoms with Crippen LogP contribution in [0, 0.1) is 0 Å². The molecule has 0 aromatic heterocycles. The molecule has 0 radical (unpaired) electrons. The molecule has 1 atom stereocenters. The van der Waals surface area contributed by atoms with Gasteiger partial charge in [0.15, 0.2) is 0 Å². The van der Waals surface area contributed by atoms with Gasteiger partial charge in [0.25, 0.3) is 0 Å². The summed E-state index contributed by atoms with van der Waals surface area (Å²) >= 11 is 0. The highest BCUT2D eigenvalue weighted by atomic mass is 16.5. The average molecular weight is 223 g/mol. The van der Waals surface area contributed by atoms with Crippen LogP contribution in [0.25, 0.3) is 0 Å². The van der Waals surface area contributed by atoms with Gasteiger partial charge in [0.2, 0.25) is 0 Å². The zero-order valence-electron chi connectivity index (χ0n) is 9.60. The summed E-state index contributed by atoms with van der Waals surface area (Å²) in [5.41, 5.74) is 6.93. The van der Waals surface area contributed by atoms with Crippen LogP contribution >= 0.6 is 0 Å². The van der Waals surface area contributed by atoms with Gasteiger partial charge in [-0.05, 0) is 24.1 Å². The van der Waals surface area contributed by atoms with E-state index < -0.39 is 0 Å². The highest BCUT2D eigenvalue weighted by molar-refractivity contribution is 5.69. The van der Waals surface area contributed by atoms with E-state index >= 15 is 0 Å². The fourth-order valence-corrected chi connectivity index (χ4v) is 1.39. The van der Waals surface area contributed by atoms with Gasteiger partial charge < -0.3 is 15.2 Å². The molecule has 88 valence electrons. The Morgan fingerprint density at radius 2 is 1.94 bits per heavy atom. The summed E-state index contributed by atoms with van der Waals surface area (Å²) in [6.07, 6.45) is 0.919. The van der Waals surface area contributed by atoms with Gasteiger partial charge in [-0.2, -0.15) is 0 Å². The SMILES string of the molecule is COC(=O)CC[C@@H](N)c1ccc(OC)cc1. The van der Waals surface area contributed by atoms with Gasteiger partial charge in [0.05, 0.1) is 14.2 Å². The molecule has 0 spiro atoms. The lowest BCUT2D eigenvalue weighted by molar-refractivity contribution is -0.140. The smallest absolute Gasteiger partial charge is 0.305 e. The first kappa shape index (κ1) is 12.5. The van der Waals surface area contributed by atoms with Crippen molar-refractivity contribution in [2.75, 3.05) is 14.2 Å². The molecule has 1 rings (SSSR count). The first-order chi connectivity index (χ1) is 7.67. The van der Waals surface area contributed by atoms with Gasteiger partial charge in [-0.15, -0.1) is 0 Å². The minimum absolute atomic E-state index is 0.148. The van der Waals surface area contributed by atoms with E-state index in [0.29, 0.717) is 12.8 Å². The Morgan fingerprint density at radius 3 is 2.44 bits per heavy atom. The average Bonchev–Trinajstić information content (AvgIpc) is 2.35. The fourth-order valence-electron chi connectivity index (χ4n) is 1.39. The van der Waals surface area contributed by atoms with E-state index in [1.54, 1.807) is 7.11 Å². The Bertz CT molecular complexity index is 335. The molecule has 0 amide bonds. The largest absolute Gasteiger partial charge is 0.497 e. The van der Waals surface area contributed by atoms with Crippen molar-refractivity contribution in [2.45, 2.75) is 18.9 Å². The van der Waals surface area contributed by atoms with E-state index in [-0.39, 0.29) is 12.0 Å². The van der Waals surface area contributed by atoms with Crippen LogP contribution in [0.5, 0.6) is 5.75 Å². The molecule has 4 heteroatoms. The van der Waals surface area contributed by atoms with E-state index in [0.717, 1.165) is 11.3 Å². The zero-order valence-corrected chi connectivity index (χ0v) is 9.60. The summed E-state index contributed by atoms with van der Waals surface area (Å²) in [4.78, 5) is 11.0. The number of carbonyl (C=O) groups excluding carboxylic acids is 1. The summed E-state index contributed by atoms with van der Waals surface area (Å²) in [7, 11) is 2.99. The lowest BCUT2D eigenvalue weighted by atomic mass is 10.0. The molecule has 0 saturated carbocycles. The summed E-state index contributed by atoms with van der Waals surface area (Å²) in [5.74, 6) is 0.563. The molecule has 0 aliphatic heterocycles. The maximum absolute atomic E-state index is 11.0. The van der Waals surface area contributed by atoms with Crippen LogP contribution in [0.4, 0.5) is 0 Å². The van der Waals surface area contributed by atoms with Gasteiger partial charge in [0, 0.05) is 12.5 Å². The van der Waals surface area contributed by atoms with Crippen molar-refractivity contribution in [1.29, 1.82) is 0 Å². The van der Waals surface area contributed by atoms with Crippen LogP contribution < -0.4 is 10.5 Å². The molecule has 0 unspecified atom stereocenters. The molecule has 0 fully saturated rings. The van der Waals surface area contributed by atoms with Crippen LogP contribution in [0.3, 0.4) is 0 Å². The second-order valence-corrected chi connectivity index (χ2v) is 3.49. The summed E-state index contributed by atoms with van der Waals surface area (Å²) in [6, 6.07) is 7.37. The van der Waals surface area contributed by atoms with Crippen molar-refractivity contribution >= 4 is 5.97 Å². The maximum Gasteiger partial charge on any atom is 0.305 e. The van der Waals surface area contributed by atoms with Gasteiger partial charge in [-0.1, -0.05) is 12.1 Å². The standard InChI is InChI=1S/C12H17NO3/c1-15-10-5-3-9(4-6-10)11(13)7-8-12(14)16-2/h3-6,11H,7-8,13H2,1-2H3/t11-/m1/s1. The molecule has 16 heavy (non-hydrogen) atoms. The summed E-state index contributed by atoms with van der Waals surface area (Å²) in [5, 5.41) is 0. The van der Waals surface area contributed by atoms with E-state index in [9.17, 15) is 4.79 Å². The normalized spacial score (nSPS) is 11.9. The zero-order chi connectivity index (χ0) is 12.0.